The van der Waals surface area contributed by atoms with Crippen LogP contribution in [-0.2, 0) is 28.5 Å². The van der Waals surface area contributed by atoms with Crippen molar-refractivity contribution in [2.75, 3.05) is 19.8 Å². The number of carbonyl (C=O) groups is 3. The van der Waals surface area contributed by atoms with Crippen LogP contribution in [0.15, 0.2) is 43.6 Å². The maximum atomic E-state index is 13.0. The van der Waals surface area contributed by atoms with Crippen LogP contribution in [0.2, 0.25) is 0 Å². The van der Waals surface area contributed by atoms with Crippen molar-refractivity contribution < 1.29 is 28.6 Å². The molecule has 0 bridgehead atoms. The third-order valence-corrected chi connectivity index (χ3v) is 6.77. The lowest BCUT2D eigenvalue weighted by molar-refractivity contribution is -0.157. The van der Waals surface area contributed by atoms with Gasteiger partial charge in [0.2, 0.25) is 5.91 Å². The average molecular weight is 432 g/mol. The summed E-state index contributed by atoms with van der Waals surface area (Å²) >= 11 is 1.32. The van der Waals surface area contributed by atoms with Gasteiger partial charge in [-0.25, -0.2) is 4.79 Å². The highest BCUT2D eigenvalue weighted by molar-refractivity contribution is 8.02. The van der Waals surface area contributed by atoms with Gasteiger partial charge in [-0.3, -0.25) is 14.6 Å². The van der Waals surface area contributed by atoms with Gasteiger partial charge in [-0.05, 0) is 25.5 Å². The summed E-state index contributed by atoms with van der Waals surface area (Å²) in [5.74, 6) is -1.23. The van der Waals surface area contributed by atoms with Crippen molar-refractivity contribution in [2.24, 2.45) is 5.92 Å². The molecule has 1 aromatic heterocycles. The Hall–Kier alpha value is -2.81. The normalized spacial score (nSPS) is 25.5. The van der Waals surface area contributed by atoms with Crippen molar-refractivity contribution in [3.8, 4) is 0 Å². The zero-order valence-electron chi connectivity index (χ0n) is 16.9. The molecule has 8 nitrogen and oxygen atoms in total. The second-order valence-corrected chi connectivity index (χ2v) is 8.49. The van der Waals surface area contributed by atoms with Gasteiger partial charge in [0, 0.05) is 11.9 Å². The summed E-state index contributed by atoms with van der Waals surface area (Å²) in [4.78, 5) is 43.5. The Balaban J connectivity index is 1.82. The molecule has 1 aromatic rings. The quantitative estimate of drug-likeness (QED) is 0.351. The molecule has 3 rings (SSSR count). The monoisotopic (exact) mass is 432 g/mol. The van der Waals surface area contributed by atoms with E-state index in [9.17, 15) is 14.4 Å². The Morgan fingerprint density at radius 1 is 1.33 bits per heavy atom. The van der Waals surface area contributed by atoms with Crippen LogP contribution in [0.4, 0.5) is 4.79 Å². The molecular formula is C21H24N2O6S. The van der Waals surface area contributed by atoms with Crippen LogP contribution in [0.25, 0.3) is 0 Å². The summed E-state index contributed by atoms with van der Waals surface area (Å²) in [7, 11) is 0. The van der Waals surface area contributed by atoms with Gasteiger partial charge in [0.1, 0.15) is 25.2 Å². The second kappa shape index (κ2) is 8.91. The third-order valence-electron chi connectivity index (χ3n) is 5.04. The van der Waals surface area contributed by atoms with Crippen molar-refractivity contribution in [1.82, 2.24) is 9.88 Å². The highest BCUT2D eigenvalue weighted by Crippen LogP contribution is 2.55. The first-order valence-electron chi connectivity index (χ1n) is 9.48. The lowest BCUT2D eigenvalue weighted by Crippen LogP contribution is -2.61. The van der Waals surface area contributed by atoms with Crippen molar-refractivity contribution in [2.45, 2.75) is 30.1 Å². The van der Waals surface area contributed by atoms with Crippen molar-refractivity contribution >= 4 is 29.8 Å². The maximum Gasteiger partial charge on any atom is 0.508 e. The molecule has 0 saturated carbocycles. The van der Waals surface area contributed by atoms with Gasteiger partial charge in [0.25, 0.3) is 0 Å². The molecule has 0 spiro atoms. The molecule has 0 radical (unpaired) electrons. The summed E-state index contributed by atoms with van der Waals surface area (Å²) in [6, 6.07) is 3.64. The number of aryl methyl sites for hydroxylation is 1. The number of aromatic nitrogens is 1. The van der Waals surface area contributed by atoms with Gasteiger partial charge >= 0.3 is 12.1 Å². The van der Waals surface area contributed by atoms with E-state index in [4.69, 9.17) is 14.2 Å². The van der Waals surface area contributed by atoms with E-state index in [2.05, 4.69) is 18.1 Å². The van der Waals surface area contributed by atoms with Gasteiger partial charge in [-0.1, -0.05) is 31.4 Å². The molecule has 30 heavy (non-hydrogen) atoms. The number of ether oxygens (including phenoxy) is 3. The topological polar surface area (TPSA) is 95.0 Å². The van der Waals surface area contributed by atoms with E-state index in [-0.39, 0.29) is 31.0 Å². The SMILES string of the molecule is C=CCOC(=O)O[C@H](C)[C@H]1C(=O)N2CC(C(=O)OCC=C)(c3ccc(C)nc3)S[C@H]12. The Labute approximate surface area is 179 Å². The molecule has 0 N–H and O–H groups in total. The molecular weight excluding hydrogens is 408 g/mol. The van der Waals surface area contributed by atoms with E-state index in [1.807, 2.05) is 19.1 Å². The maximum absolute atomic E-state index is 13.0. The van der Waals surface area contributed by atoms with Crippen LogP contribution < -0.4 is 0 Å². The molecule has 160 valence electrons. The van der Waals surface area contributed by atoms with Gasteiger partial charge in [-0.2, -0.15) is 0 Å². The molecule has 2 fully saturated rings. The fourth-order valence-corrected chi connectivity index (χ4v) is 5.33. The van der Waals surface area contributed by atoms with Crippen LogP contribution in [0.3, 0.4) is 0 Å². The van der Waals surface area contributed by atoms with Crippen LogP contribution >= 0.6 is 11.8 Å². The Morgan fingerprint density at radius 3 is 2.67 bits per heavy atom. The Morgan fingerprint density at radius 2 is 2.03 bits per heavy atom. The van der Waals surface area contributed by atoms with Crippen molar-refractivity contribution in [1.29, 1.82) is 0 Å². The van der Waals surface area contributed by atoms with Crippen LogP contribution in [-0.4, -0.2) is 59.2 Å². The van der Waals surface area contributed by atoms with Gasteiger partial charge in [0.05, 0.1) is 11.9 Å². The van der Waals surface area contributed by atoms with E-state index in [0.717, 1.165) is 5.69 Å². The first-order chi connectivity index (χ1) is 14.3. The number of hydrogen-bond donors (Lipinski definition) is 0. The number of amides is 1. The largest absolute Gasteiger partial charge is 0.508 e. The van der Waals surface area contributed by atoms with E-state index in [1.165, 1.54) is 23.9 Å². The lowest BCUT2D eigenvalue weighted by atomic mass is 9.90. The summed E-state index contributed by atoms with van der Waals surface area (Å²) in [6.07, 6.45) is 2.98. The second-order valence-electron chi connectivity index (χ2n) is 7.08. The van der Waals surface area contributed by atoms with Crippen LogP contribution in [0.1, 0.15) is 18.2 Å². The number of fused-ring (bicyclic) bond motifs is 1. The third kappa shape index (κ3) is 3.94. The molecule has 1 amide bonds. The molecule has 0 aromatic carbocycles. The average Bonchev–Trinajstić information content (AvgIpc) is 3.07. The van der Waals surface area contributed by atoms with Crippen LogP contribution in [0, 0.1) is 12.8 Å². The van der Waals surface area contributed by atoms with Gasteiger partial charge < -0.3 is 19.1 Å². The zero-order chi connectivity index (χ0) is 21.9. The number of thioether (sulfide) groups is 1. The molecule has 1 unspecified atom stereocenters. The Bertz CT molecular complexity index is 858. The number of esters is 1. The molecule has 2 saturated heterocycles. The van der Waals surface area contributed by atoms with Gasteiger partial charge in [-0.15, -0.1) is 11.8 Å². The molecule has 0 aliphatic carbocycles. The summed E-state index contributed by atoms with van der Waals surface area (Å²) in [6.45, 7) is 10.8. The molecule has 2 aliphatic rings. The predicted molar refractivity (Wildman–Crippen MR) is 110 cm³/mol. The number of rotatable bonds is 8. The lowest BCUT2D eigenvalue weighted by Gasteiger charge is -2.43. The number of carbonyl (C=O) groups excluding carboxylic acids is 3. The highest BCUT2D eigenvalue weighted by atomic mass is 32.2. The van der Waals surface area contributed by atoms with E-state index in [0.29, 0.717) is 5.56 Å². The van der Waals surface area contributed by atoms with Crippen LogP contribution in [0.5, 0.6) is 0 Å². The molecule has 9 heteroatoms. The number of nitrogens with zero attached hydrogens (tertiary/aromatic N) is 2. The predicted octanol–water partition coefficient (Wildman–Crippen LogP) is 2.57. The van der Waals surface area contributed by atoms with E-state index < -0.39 is 28.9 Å². The van der Waals surface area contributed by atoms with E-state index in [1.54, 1.807) is 18.0 Å². The number of pyridine rings is 1. The minimum atomic E-state index is -1.11. The van der Waals surface area contributed by atoms with Crippen molar-refractivity contribution in [3.05, 3.63) is 54.9 Å². The Kier molecular flexibility index (Phi) is 6.50. The molecule has 2 aliphatic heterocycles. The summed E-state index contributed by atoms with van der Waals surface area (Å²) < 4.78 is 14.3. The number of β-lactam (4-membered cyclic amide) rings is 1. The summed E-state index contributed by atoms with van der Waals surface area (Å²) in [5.41, 5.74) is 1.47. The fourth-order valence-electron chi connectivity index (χ4n) is 3.51. The van der Waals surface area contributed by atoms with E-state index >= 15 is 0 Å². The number of hydrogen-bond acceptors (Lipinski definition) is 8. The fraction of sp³-hybridized carbons (Fsp3) is 0.429. The first-order valence-corrected chi connectivity index (χ1v) is 10.4. The highest BCUT2D eigenvalue weighted by Gasteiger charge is 2.64. The molecule has 4 atom stereocenters. The first kappa shape index (κ1) is 21.9. The van der Waals surface area contributed by atoms with Crippen molar-refractivity contribution in [3.63, 3.8) is 0 Å². The zero-order valence-corrected chi connectivity index (χ0v) is 17.7. The summed E-state index contributed by atoms with van der Waals surface area (Å²) in [5, 5.41) is -0.336. The smallest absolute Gasteiger partial charge is 0.460 e. The minimum absolute atomic E-state index is 0.0210. The standard InChI is InChI=1S/C21H24N2O6S/c1-5-9-27-19(25)21(15-8-7-13(3)22-11-15)12-23-17(24)16(18(23)30-21)14(4)29-20(26)28-10-6-2/h5-8,11,14,16,18H,1-2,9-10,12H2,3-4H3/t14-,16+,18-,21?/m1/s1. The molecule has 3 heterocycles. The van der Waals surface area contributed by atoms with Gasteiger partial charge in [0.15, 0.2) is 4.75 Å². The minimum Gasteiger partial charge on any atom is -0.460 e.